The highest BCUT2D eigenvalue weighted by Crippen LogP contribution is 2.23. The molecule has 0 unspecified atom stereocenters. The first-order chi connectivity index (χ1) is 12.1. The van der Waals surface area contributed by atoms with Crippen molar-refractivity contribution in [3.05, 3.63) is 28.4 Å². The predicted molar refractivity (Wildman–Crippen MR) is 119 cm³/mol. The Morgan fingerprint density at radius 1 is 1.00 bits per heavy atom. The Morgan fingerprint density at radius 3 is 2.35 bits per heavy atom. The van der Waals surface area contributed by atoms with Gasteiger partial charge in [0.05, 0.1) is 28.0 Å². The molecule has 0 atom stereocenters. The monoisotopic (exact) mass is 721 g/mol. The fraction of sp³-hybridized carbons (Fsp3) is 0.467. The van der Waals surface area contributed by atoms with E-state index in [-0.39, 0.29) is 19.0 Å². The van der Waals surface area contributed by atoms with E-state index in [4.69, 9.17) is 4.74 Å². The van der Waals surface area contributed by atoms with Gasteiger partial charge in [-0.2, -0.15) is 0 Å². The van der Waals surface area contributed by atoms with Gasteiger partial charge >= 0.3 is 11.9 Å². The maximum absolute atomic E-state index is 12.1. The van der Waals surface area contributed by atoms with Crippen molar-refractivity contribution in [2.75, 3.05) is 19.0 Å². The molecule has 1 rings (SSSR count). The van der Waals surface area contributed by atoms with Gasteiger partial charge in [-0.1, -0.05) is 0 Å². The van der Waals surface area contributed by atoms with Gasteiger partial charge in [-0.25, -0.2) is 13.2 Å². The number of ether oxygens (including phenoxy) is 2. The van der Waals surface area contributed by atoms with Crippen LogP contribution in [0.3, 0.4) is 0 Å². The summed E-state index contributed by atoms with van der Waals surface area (Å²) in [4.78, 5) is 23.5. The van der Waals surface area contributed by atoms with E-state index < -0.39 is 28.4 Å². The predicted octanol–water partition coefficient (Wildman–Crippen LogP) is 3.31. The molecule has 0 N–H and O–H groups in total. The number of rotatable bonds is 10. The molecule has 0 aliphatic heterocycles. The number of carbonyl (C=O) groups is 2. The summed E-state index contributed by atoms with van der Waals surface area (Å²) >= 11 is 6.43. The van der Waals surface area contributed by atoms with Crippen molar-refractivity contribution in [1.82, 2.24) is 0 Å². The lowest BCUT2D eigenvalue weighted by atomic mass is 10.2. The Labute approximate surface area is 193 Å². The van der Waals surface area contributed by atoms with E-state index in [9.17, 15) is 22.6 Å². The molecule has 0 amide bonds. The molecule has 0 heterocycles. The molecule has 26 heavy (non-hydrogen) atoms. The van der Waals surface area contributed by atoms with Crippen molar-refractivity contribution in [2.45, 2.75) is 25.7 Å². The molecule has 0 fully saturated rings. The van der Waals surface area contributed by atoms with Crippen molar-refractivity contribution in [3.8, 4) is 0 Å². The van der Waals surface area contributed by atoms with Crippen LogP contribution in [0.25, 0.3) is 0 Å². The van der Waals surface area contributed by atoms with Gasteiger partial charge in [-0.05, 0) is 99.2 Å². The first-order valence-electron chi connectivity index (χ1n) is 7.51. The average molecular weight is 721 g/mol. The lowest BCUT2D eigenvalue weighted by molar-refractivity contribution is -0.143. The van der Waals surface area contributed by atoms with Crippen molar-refractivity contribution in [3.63, 3.8) is 0 Å². The van der Waals surface area contributed by atoms with Crippen LogP contribution in [0.4, 0.5) is 0 Å². The van der Waals surface area contributed by atoms with Crippen LogP contribution in [0.2, 0.25) is 0 Å². The van der Waals surface area contributed by atoms with Crippen molar-refractivity contribution in [2.24, 2.45) is 0 Å². The minimum Gasteiger partial charge on any atom is -0.748 e. The van der Waals surface area contributed by atoms with Gasteiger partial charge in [-0.3, -0.25) is 4.79 Å². The third-order valence-electron chi connectivity index (χ3n) is 3.07. The number of hydrogen-bond acceptors (Lipinski definition) is 7. The molecule has 0 spiro atoms. The highest BCUT2D eigenvalue weighted by molar-refractivity contribution is 14.1. The van der Waals surface area contributed by atoms with Crippen LogP contribution in [-0.4, -0.2) is 43.9 Å². The van der Waals surface area contributed by atoms with Crippen LogP contribution < -0.4 is 0 Å². The zero-order valence-corrected chi connectivity index (χ0v) is 20.8. The summed E-state index contributed by atoms with van der Waals surface area (Å²) in [5.74, 6) is -1.64. The van der Waals surface area contributed by atoms with E-state index in [0.717, 1.165) is 10.7 Å². The van der Waals surface area contributed by atoms with Crippen molar-refractivity contribution < 1.29 is 32.0 Å². The molecule has 0 bridgehead atoms. The molecule has 0 aliphatic carbocycles. The topological polar surface area (TPSA) is 110 Å². The average Bonchev–Trinajstić information content (AvgIpc) is 2.52. The summed E-state index contributed by atoms with van der Waals surface area (Å²) in [6.45, 7) is -0.171. The van der Waals surface area contributed by atoms with Crippen LogP contribution >= 0.6 is 67.8 Å². The number of esters is 2. The molecular weight excluding hydrogens is 705 g/mol. The molecule has 146 valence electrons. The summed E-state index contributed by atoms with van der Waals surface area (Å²) in [5.41, 5.74) is 0.541. The largest absolute Gasteiger partial charge is 0.748 e. The fourth-order valence-corrected chi connectivity index (χ4v) is 4.49. The second-order valence-electron chi connectivity index (χ2n) is 5.18. The van der Waals surface area contributed by atoms with Crippen LogP contribution in [0.5, 0.6) is 0 Å². The van der Waals surface area contributed by atoms with E-state index in [0.29, 0.717) is 24.8 Å². The third-order valence-corrected chi connectivity index (χ3v) is 7.40. The molecule has 0 aromatic heterocycles. The second-order valence-corrected chi connectivity index (χ2v) is 10.2. The molecule has 0 aliphatic rings. The smallest absolute Gasteiger partial charge is 0.339 e. The van der Waals surface area contributed by atoms with Crippen molar-refractivity contribution in [1.29, 1.82) is 0 Å². The first-order valence-corrected chi connectivity index (χ1v) is 12.3. The van der Waals surface area contributed by atoms with Gasteiger partial charge in [0.2, 0.25) is 0 Å². The van der Waals surface area contributed by atoms with E-state index in [1.54, 1.807) is 6.07 Å². The van der Waals surface area contributed by atoms with Crippen LogP contribution in [0.1, 0.15) is 36.0 Å². The quantitative estimate of drug-likeness (QED) is 0.120. The molecule has 0 saturated carbocycles. The Morgan fingerprint density at radius 2 is 1.69 bits per heavy atom. The van der Waals surface area contributed by atoms with Gasteiger partial charge in [0.15, 0.2) is 0 Å². The number of unbranched alkanes of at least 4 members (excludes halogenated alkanes) is 2. The Kier molecular flexibility index (Phi) is 11.2. The Balaban J connectivity index is 2.21. The molecular formula is C15H16I3O7S-. The van der Waals surface area contributed by atoms with Gasteiger partial charge in [0, 0.05) is 17.1 Å². The molecule has 1 aromatic carbocycles. The highest BCUT2D eigenvalue weighted by Gasteiger charge is 2.15. The SMILES string of the molecule is O=C(CCCCCOC(=O)c1cc(I)cc(I)c1I)OCCS(=O)(=O)[O-]. The zero-order valence-electron chi connectivity index (χ0n) is 13.5. The lowest BCUT2D eigenvalue weighted by Crippen LogP contribution is -2.14. The summed E-state index contributed by atoms with van der Waals surface area (Å²) in [5, 5.41) is 0. The standard InChI is InChI=1S/C15H17I3O7S/c16-10-8-11(14(18)12(17)9-10)15(20)25-5-3-1-2-4-13(19)24-6-7-26(21,22)23/h8-9H,1-7H2,(H,21,22,23)/p-1. The van der Waals surface area contributed by atoms with E-state index in [2.05, 4.69) is 72.5 Å². The van der Waals surface area contributed by atoms with Gasteiger partial charge in [-0.15, -0.1) is 0 Å². The van der Waals surface area contributed by atoms with Crippen LogP contribution in [-0.2, 0) is 24.4 Å². The zero-order chi connectivity index (χ0) is 19.7. The minimum absolute atomic E-state index is 0.125. The van der Waals surface area contributed by atoms with E-state index in [1.165, 1.54) is 0 Å². The Hall–Kier alpha value is 0.260. The number of benzene rings is 1. The molecule has 0 saturated heterocycles. The summed E-state index contributed by atoms with van der Waals surface area (Å²) in [6.07, 6.45) is 1.91. The van der Waals surface area contributed by atoms with E-state index >= 15 is 0 Å². The lowest BCUT2D eigenvalue weighted by Gasteiger charge is -2.09. The highest BCUT2D eigenvalue weighted by atomic mass is 127. The first kappa shape index (κ1) is 24.3. The molecule has 1 aromatic rings. The third kappa shape index (κ3) is 9.98. The van der Waals surface area contributed by atoms with E-state index in [1.807, 2.05) is 6.07 Å². The van der Waals surface area contributed by atoms with Gasteiger partial charge in [0.1, 0.15) is 6.61 Å². The maximum atomic E-state index is 12.1. The molecule has 11 heteroatoms. The van der Waals surface area contributed by atoms with Gasteiger partial charge in [0.25, 0.3) is 0 Å². The fourth-order valence-electron chi connectivity index (χ4n) is 1.83. The van der Waals surface area contributed by atoms with Crippen molar-refractivity contribution >= 4 is 89.8 Å². The summed E-state index contributed by atoms with van der Waals surface area (Å²) in [6, 6.07) is 3.76. The summed E-state index contributed by atoms with van der Waals surface area (Å²) in [7, 11) is -4.37. The maximum Gasteiger partial charge on any atom is 0.339 e. The number of hydrogen-bond donors (Lipinski definition) is 0. The normalized spacial score (nSPS) is 11.2. The minimum atomic E-state index is -4.37. The number of halogens is 3. The van der Waals surface area contributed by atoms with Crippen LogP contribution in [0, 0.1) is 10.7 Å². The Bertz CT molecular complexity index is 750. The molecule has 0 radical (unpaired) electrons. The summed E-state index contributed by atoms with van der Waals surface area (Å²) < 4.78 is 43.8. The van der Waals surface area contributed by atoms with Crippen LogP contribution in [0.15, 0.2) is 12.1 Å². The number of carbonyl (C=O) groups excluding carboxylic acids is 2. The second kappa shape index (κ2) is 12.0. The molecule has 7 nitrogen and oxygen atoms in total. The van der Waals surface area contributed by atoms with Gasteiger partial charge < -0.3 is 14.0 Å².